The Bertz CT molecular complexity index is 657. The molecule has 2 atom stereocenters. The number of carbonyl (C=O) groups is 4. The molecule has 11 heteroatoms. The maximum atomic E-state index is 12.9. The first-order valence-corrected chi connectivity index (χ1v) is 11.6. The van der Waals surface area contributed by atoms with Gasteiger partial charge in [0.1, 0.15) is 12.6 Å². The van der Waals surface area contributed by atoms with Gasteiger partial charge in [-0.1, -0.05) is 0 Å². The van der Waals surface area contributed by atoms with Gasteiger partial charge in [-0.05, 0) is 52.5 Å². The van der Waals surface area contributed by atoms with Crippen molar-refractivity contribution in [3.8, 4) is 0 Å². The summed E-state index contributed by atoms with van der Waals surface area (Å²) in [5, 5.41) is 5.90. The van der Waals surface area contributed by atoms with E-state index in [2.05, 4.69) is 10.6 Å². The Balaban J connectivity index is 2.25. The van der Waals surface area contributed by atoms with Gasteiger partial charge in [-0.3, -0.25) is 19.2 Å². The van der Waals surface area contributed by atoms with Crippen LogP contribution < -0.4 is 22.1 Å². The summed E-state index contributed by atoms with van der Waals surface area (Å²) < 4.78 is 10.8. The van der Waals surface area contributed by atoms with Gasteiger partial charge < -0.3 is 36.5 Å². The van der Waals surface area contributed by atoms with E-state index < -0.39 is 23.5 Å². The number of hydrogen-bond acceptors (Lipinski definition) is 8. The van der Waals surface area contributed by atoms with Crippen LogP contribution in [0.2, 0.25) is 0 Å². The van der Waals surface area contributed by atoms with E-state index >= 15 is 0 Å². The largest absolute Gasteiger partial charge is 0.378 e. The molecule has 0 bridgehead atoms. The molecule has 6 N–H and O–H groups in total. The molecule has 0 radical (unpaired) electrons. The molecule has 0 aromatic heterocycles. The van der Waals surface area contributed by atoms with Crippen LogP contribution in [0.15, 0.2) is 0 Å². The minimum absolute atomic E-state index is 0.0901. The Labute approximate surface area is 196 Å². The van der Waals surface area contributed by atoms with Gasteiger partial charge in [0.25, 0.3) is 0 Å². The van der Waals surface area contributed by atoms with Gasteiger partial charge in [0, 0.05) is 20.0 Å². The topological polar surface area (TPSA) is 166 Å². The third-order valence-electron chi connectivity index (χ3n) is 5.57. The molecule has 0 aromatic carbocycles. The van der Waals surface area contributed by atoms with E-state index in [1.807, 2.05) is 0 Å². The van der Waals surface area contributed by atoms with E-state index in [9.17, 15) is 19.2 Å². The molecule has 3 amide bonds. The highest BCUT2D eigenvalue weighted by Crippen LogP contribution is 2.17. The predicted molar refractivity (Wildman–Crippen MR) is 123 cm³/mol. The van der Waals surface area contributed by atoms with Gasteiger partial charge in [-0.15, -0.1) is 0 Å². The quantitative estimate of drug-likeness (QED) is 0.197. The molecule has 190 valence electrons. The number of hydrogen-bond donors (Lipinski definition) is 4. The van der Waals surface area contributed by atoms with Crippen LogP contribution in [0, 0.1) is 0 Å². The molecular weight excluding hydrogens is 430 g/mol. The first-order chi connectivity index (χ1) is 15.6. The molecule has 1 fully saturated rings. The third-order valence-corrected chi connectivity index (χ3v) is 5.57. The summed E-state index contributed by atoms with van der Waals surface area (Å²) in [7, 11) is 0. The number of nitrogens with two attached hydrogens (primary N) is 2. The lowest BCUT2D eigenvalue weighted by Crippen LogP contribution is -2.56. The smallest absolute Gasteiger partial charge is 0.249 e. The van der Waals surface area contributed by atoms with Crippen molar-refractivity contribution < 1.29 is 28.7 Å². The molecule has 1 aliphatic rings. The van der Waals surface area contributed by atoms with Crippen LogP contribution in [0.25, 0.3) is 0 Å². The summed E-state index contributed by atoms with van der Waals surface area (Å²) >= 11 is 0. The van der Waals surface area contributed by atoms with Crippen molar-refractivity contribution in [1.82, 2.24) is 15.5 Å². The maximum absolute atomic E-state index is 12.9. The number of carbonyl (C=O) groups excluding carboxylic acids is 4. The average molecular weight is 472 g/mol. The predicted octanol–water partition coefficient (Wildman–Crippen LogP) is -0.933. The Morgan fingerprint density at radius 3 is 2.45 bits per heavy atom. The summed E-state index contributed by atoms with van der Waals surface area (Å²) in [6.45, 7) is 7.19. The number of primary amides is 1. The van der Waals surface area contributed by atoms with Crippen LogP contribution in [0.5, 0.6) is 0 Å². The van der Waals surface area contributed by atoms with Gasteiger partial charge >= 0.3 is 0 Å². The van der Waals surface area contributed by atoms with Crippen molar-refractivity contribution in [1.29, 1.82) is 0 Å². The highest BCUT2D eigenvalue weighted by atomic mass is 16.5. The zero-order valence-corrected chi connectivity index (χ0v) is 20.2. The molecule has 1 saturated heterocycles. The van der Waals surface area contributed by atoms with Crippen molar-refractivity contribution in [2.75, 3.05) is 46.1 Å². The zero-order valence-electron chi connectivity index (χ0n) is 20.2. The zero-order chi connectivity index (χ0) is 24.9. The van der Waals surface area contributed by atoms with Crippen LogP contribution in [0.4, 0.5) is 0 Å². The van der Waals surface area contributed by atoms with Gasteiger partial charge in [-0.25, -0.2) is 0 Å². The number of ether oxygens (including phenoxy) is 2. The van der Waals surface area contributed by atoms with E-state index in [1.165, 1.54) is 11.8 Å². The molecular formula is C22H41N5O6. The van der Waals surface area contributed by atoms with Gasteiger partial charge in [0.15, 0.2) is 5.78 Å². The summed E-state index contributed by atoms with van der Waals surface area (Å²) in [6.07, 6.45) is 3.45. The summed E-state index contributed by atoms with van der Waals surface area (Å²) in [5.74, 6) is -1.07. The summed E-state index contributed by atoms with van der Waals surface area (Å²) in [4.78, 5) is 49.4. The molecule has 1 rings (SSSR count). The normalized spacial score (nSPS) is 17.1. The molecule has 0 spiro atoms. The fourth-order valence-corrected chi connectivity index (χ4v) is 3.79. The molecule has 0 unspecified atom stereocenters. The summed E-state index contributed by atoms with van der Waals surface area (Å²) in [5.41, 5.74) is 10.00. The van der Waals surface area contributed by atoms with Crippen LogP contribution in [0.1, 0.15) is 52.9 Å². The van der Waals surface area contributed by atoms with E-state index in [0.29, 0.717) is 39.1 Å². The van der Waals surface area contributed by atoms with Gasteiger partial charge in [-0.2, -0.15) is 0 Å². The lowest BCUT2D eigenvalue weighted by atomic mass is 9.90. The van der Waals surface area contributed by atoms with Crippen molar-refractivity contribution in [3.05, 3.63) is 0 Å². The number of rotatable bonds is 17. The van der Waals surface area contributed by atoms with E-state index in [0.717, 1.165) is 19.3 Å². The van der Waals surface area contributed by atoms with Gasteiger partial charge in [0.05, 0.1) is 31.4 Å². The molecule has 1 aliphatic heterocycles. The standard InChI is InChI=1S/C22H41N5O6/c1-16(28)26-17(7-4-5-9-23)20(30)22(2,3)25-10-12-32-13-14-33-15-19(29)27-11-6-8-18(27)21(24)31/h17-18,25H,4-15,23H2,1-3H3,(H2,24,31)(H,26,28)/t17-,18-/m0/s1. The number of amides is 3. The second kappa shape index (κ2) is 14.9. The monoisotopic (exact) mass is 471 g/mol. The van der Waals surface area contributed by atoms with Crippen LogP contribution >= 0.6 is 0 Å². The lowest BCUT2D eigenvalue weighted by Gasteiger charge is -2.30. The molecule has 11 nitrogen and oxygen atoms in total. The van der Waals surface area contributed by atoms with E-state index in [-0.39, 0.29) is 37.4 Å². The van der Waals surface area contributed by atoms with Crippen molar-refractivity contribution in [2.45, 2.75) is 70.5 Å². The number of nitrogens with zero attached hydrogens (tertiary/aromatic N) is 1. The Kier molecular flexibility index (Phi) is 13.1. The molecule has 0 saturated carbocycles. The lowest BCUT2D eigenvalue weighted by molar-refractivity contribution is -0.141. The molecule has 1 heterocycles. The number of Topliss-reactive ketones (excluding diaryl/α,β-unsaturated/α-hetero) is 1. The average Bonchev–Trinajstić information content (AvgIpc) is 3.24. The molecule has 33 heavy (non-hydrogen) atoms. The second-order valence-electron chi connectivity index (χ2n) is 8.77. The molecule has 0 aliphatic carbocycles. The van der Waals surface area contributed by atoms with Gasteiger partial charge in [0.2, 0.25) is 17.7 Å². The first-order valence-electron chi connectivity index (χ1n) is 11.6. The minimum atomic E-state index is -0.838. The molecule has 0 aromatic rings. The highest BCUT2D eigenvalue weighted by Gasteiger charge is 2.34. The number of unbranched alkanes of at least 4 members (excludes halogenated alkanes) is 1. The maximum Gasteiger partial charge on any atom is 0.249 e. The van der Waals surface area contributed by atoms with Crippen LogP contribution in [0.3, 0.4) is 0 Å². The third kappa shape index (κ3) is 10.6. The Morgan fingerprint density at radius 1 is 1.12 bits per heavy atom. The van der Waals surface area contributed by atoms with E-state index in [4.69, 9.17) is 20.9 Å². The van der Waals surface area contributed by atoms with Crippen molar-refractivity contribution in [2.24, 2.45) is 11.5 Å². The SMILES string of the molecule is CC(=O)N[C@@H](CCCCN)C(=O)C(C)(C)NCCOCCOCC(=O)N1CCC[C@H]1C(N)=O. The highest BCUT2D eigenvalue weighted by molar-refractivity contribution is 5.94. The second-order valence-corrected chi connectivity index (χ2v) is 8.77. The number of likely N-dealkylation sites (tertiary alicyclic amines) is 1. The number of nitrogens with one attached hydrogen (secondary N) is 2. The van der Waals surface area contributed by atoms with Crippen molar-refractivity contribution >= 4 is 23.5 Å². The Hall–Kier alpha value is -2.08. The van der Waals surface area contributed by atoms with Crippen LogP contribution in [-0.2, 0) is 28.7 Å². The number of ketones is 1. The van der Waals surface area contributed by atoms with E-state index in [1.54, 1.807) is 13.8 Å². The Morgan fingerprint density at radius 2 is 1.82 bits per heavy atom. The summed E-state index contributed by atoms with van der Waals surface area (Å²) in [6, 6.07) is -1.10. The van der Waals surface area contributed by atoms with Crippen molar-refractivity contribution in [3.63, 3.8) is 0 Å². The fourth-order valence-electron chi connectivity index (χ4n) is 3.79. The van der Waals surface area contributed by atoms with Crippen LogP contribution in [-0.4, -0.2) is 92.1 Å². The first kappa shape index (κ1) is 29.0. The fraction of sp³-hybridized carbons (Fsp3) is 0.818. The minimum Gasteiger partial charge on any atom is -0.378 e.